The quantitative estimate of drug-likeness (QED) is 0.522. The van der Waals surface area contributed by atoms with E-state index < -0.39 is 6.10 Å². The van der Waals surface area contributed by atoms with Crippen molar-refractivity contribution in [3.8, 4) is 18.1 Å². The Morgan fingerprint density at radius 1 is 1.42 bits per heavy atom. The molecule has 1 heterocycles. The van der Waals surface area contributed by atoms with Gasteiger partial charge in [0.15, 0.2) is 0 Å². The summed E-state index contributed by atoms with van der Waals surface area (Å²) >= 11 is 0. The number of hydrogen-bond acceptors (Lipinski definition) is 5. The number of benzene rings is 1. The van der Waals surface area contributed by atoms with E-state index in [0.717, 1.165) is 38.3 Å². The lowest BCUT2D eigenvalue weighted by atomic mass is 10.1. The lowest BCUT2D eigenvalue weighted by molar-refractivity contribution is 0.00955. The standard InChI is InChI=1S/C19H27NO4/c1-3-10-23-15-17(21)13-20(14-19-5-4-11-24-19)12-16-6-8-18(22-2)9-7-16/h1,6-9,17,19,21H,4-5,10-15H2,2H3/t17-,19+/m0/s1. The minimum absolute atomic E-state index is 0.223. The lowest BCUT2D eigenvalue weighted by Crippen LogP contribution is -2.39. The summed E-state index contributed by atoms with van der Waals surface area (Å²) in [5.41, 5.74) is 1.17. The lowest BCUT2D eigenvalue weighted by Gasteiger charge is -2.27. The predicted octanol–water partition coefficient (Wildman–Crippen LogP) is 1.69. The Balaban J connectivity index is 1.91. The van der Waals surface area contributed by atoms with Gasteiger partial charge in [-0.1, -0.05) is 18.1 Å². The van der Waals surface area contributed by atoms with Crippen molar-refractivity contribution in [3.63, 3.8) is 0 Å². The third kappa shape index (κ3) is 6.50. The molecule has 0 aliphatic carbocycles. The summed E-state index contributed by atoms with van der Waals surface area (Å²) in [6, 6.07) is 7.99. The Morgan fingerprint density at radius 2 is 2.21 bits per heavy atom. The SMILES string of the molecule is C#CCOC[C@@H](O)CN(Cc1ccc(OC)cc1)C[C@H]1CCCO1. The van der Waals surface area contributed by atoms with Gasteiger partial charge in [0.05, 0.1) is 25.9 Å². The highest BCUT2D eigenvalue weighted by Gasteiger charge is 2.21. The molecule has 1 fully saturated rings. The van der Waals surface area contributed by atoms with Crippen LogP contribution >= 0.6 is 0 Å². The number of methoxy groups -OCH3 is 1. The zero-order valence-corrected chi connectivity index (χ0v) is 14.3. The van der Waals surface area contributed by atoms with Crippen LogP contribution in [0.25, 0.3) is 0 Å². The summed E-state index contributed by atoms with van der Waals surface area (Å²) < 4.78 is 16.2. The summed E-state index contributed by atoms with van der Waals surface area (Å²) in [5, 5.41) is 10.2. The second-order valence-electron chi connectivity index (χ2n) is 6.05. The van der Waals surface area contributed by atoms with Crippen LogP contribution in [-0.2, 0) is 16.0 Å². The molecule has 1 saturated heterocycles. The molecule has 2 atom stereocenters. The van der Waals surface area contributed by atoms with Crippen molar-refractivity contribution >= 4 is 0 Å². The van der Waals surface area contributed by atoms with Crippen molar-refractivity contribution in [1.29, 1.82) is 0 Å². The summed E-state index contributed by atoms with van der Waals surface area (Å²) in [7, 11) is 1.66. The Kier molecular flexibility index (Phi) is 8.06. The van der Waals surface area contributed by atoms with Crippen LogP contribution < -0.4 is 4.74 Å². The van der Waals surface area contributed by atoms with Gasteiger partial charge in [-0.15, -0.1) is 6.42 Å². The maximum Gasteiger partial charge on any atom is 0.118 e. The fourth-order valence-corrected chi connectivity index (χ4v) is 2.87. The van der Waals surface area contributed by atoms with E-state index >= 15 is 0 Å². The van der Waals surface area contributed by atoms with Crippen molar-refractivity contribution < 1.29 is 19.3 Å². The van der Waals surface area contributed by atoms with Gasteiger partial charge in [0.1, 0.15) is 12.4 Å². The molecule has 1 aromatic rings. The van der Waals surface area contributed by atoms with Gasteiger partial charge in [-0.25, -0.2) is 0 Å². The third-order valence-corrected chi connectivity index (χ3v) is 4.02. The molecule has 1 aromatic carbocycles. The Labute approximate surface area is 144 Å². The smallest absolute Gasteiger partial charge is 0.118 e. The second-order valence-corrected chi connectivity index (χ2v) is 6.05. The van der Waals surface area contributed by atoms with Crippen LogP contribution in [0.1, 0.15) is 18.4 Å². The summed E-state index contributed by atoms with van der Waals surface area (Å²) in [5.74, 6) is 3.25. The zero-order chi connectivity index (χ0) is 17.2. The number of aliphatic hydroxyl groups excluding tert-OH is 1. The normalized spacial score (nSPS) is 18.5. The van der Waals surface area contributed by atoms with E-state index in [1.165, 1.54) is 5.56 Å². The third-order valence-electron chi connectivity index (χ3n) is 4.02. The molecule has 24 heavy (non-hydrogen) atoms. The minimum atomic E-state index is -0.571. The van der Waals surface area contributed by atoms with Gasteiger partial charge < -0.3 is 19.3 Å². The Morgan fingerprint density at radius 3 is 2.83 bits per heavy atom. The topological polar surface area (TPSA) is 51.2 Å². The number of rotatable bonds is 10. The fourth-order valence-electron chi connectivity index (χ4n) is 2.87. The van der Waals surface area contributed by atoms with Gasteiger partial charge in [0, 0.05) is 26.2 Å². The molecule has 1 aliphatic heterocycles. The van der Waals surface area contributed by atoms with E-state index in [0.29, 0.717) is 6.54 Å². The van der Waals surface area contributed by atoms with Crippen molar-refractivity contribution in [2.75, 3.05) is 40.0 Å². The maximum atomic E-state index is 10.2. The highest BCUT2D eigenvalue weighted by atomic mass is 16.5. The highest BCUT2D eigenvalue weighted by molar-refractivity contribution is 5.27. The molecular formula is C19H27NO4. The number of terminal acetylenes is 1. The first-order valence-electron chi connectivity index (χ1n) is 8.37. The van der Waals surface area contributed by atoms with Crippen LogP contribution in [-0.4, -0.2) is 62.2 Å². The van der Waals surface area contributed by atoms with Crippen molar-refractivity contribution in [2.45, 2.75) is 31.6 Å². The molecule has 0 amide bonds. The molecule has 5 heteroatoms. The van der Waals surface area contributed by atoms with Gasteiger partial charge >= 0.3 is 0 Å². The molecule has 0 saturated carbocycles. The van der Waals surface area contributed by atoms with Gasteiger partial charge in [-0.05, 0) is 30.5 Å². The van der Waals surface area contributed by atoms with E-state index in [2.05, 4.69) is 10.8 Å². The van der Waals surface area contributed by atoms with Crippen LogP contribution in [0.4, 0.5) is 0 Å². The van der Waals surface area contributed by atoms with Gasteiger partial charge in [0.25, 0.3) is 0 Å². The predicted molar refractivity (Wildman–Crippen MR) is 92.9 cm³/mol. The molecule has 0 bridgehead atoms. The van der Waals surface area contributed by atoms with E-state index in [9.17, 15) is 5.11 Å². The molecule has 0 unspecified atom stereocenters. The molecule has 1 N–H and O–H groups in total. The first-order valence-corrected chi connectivity index (χ1v) is 8.37. The number of hydrogen-bond donors (Lipinski definition) is 1. The molecule has 1 aliphatic rings. The minimum Gasteiger partial charge on any atom is -0.497 e. The maximum absolute atomic E-state index is 10.2. The number of ether oxygens (including phenoxy) is 3. The molecule has 0 spiro atoms. The van der Waals surface area contributed by atoms with Gasteiger partial charge in [-0.2, -0.15) is 0 Å². The average Bonchev–Trinajstić information content (AvgIpc) is 3.08. The van der Waals surface area contributed by atoms with Gasteiger partial charge in [0.2, 0.25) is 0 Å². The van der Waals surface area contributed by atoms with Crippen molar-refractivity contribution in [2.24, 2.45) is 0 Å². The Bertz CT molecular complexity index is 505. The van der Waals surface area contributed by atoms with Crippen LogP contribution in [0.5, 0.6) is 5.75 Å². The molecule has 0 radical (unpaired) electrons. The number of nitrogens with zero attached hydrogens (tertiary/aromatic N) is 1. The summed E-state index contributed by atoms with van der Waals surface area (Å²) in [4.78, 5) is 2.21. The molecule has 132 valence electrons. The van der Waals surface area contributed by atoms with E-state index in [1.807, 2.05) is 24.3 Å². The van der Waals surface area contributed by atoms with Crippen LogP contribution in [0.2, 0.25) is 0 Å². The molecular weight excluding hydrogens is 306 g/mol. The summed E-state index contributed by atoms with van der Waals surface area (Å²) in [6.07, 6.45) is 7.00. The average molecular weight is 333 g/mol. The van der Waals surface area contributed by atoms with Crippen molar-refractivity contribution in [1.82, 2.24) is 4.90 Å². The van der Waals surface area contributed by atoms with E-state index in [-0.39, 0.29) is 19.3 Å². The zero-order valence-electron chi connectivity index (χ0n) is 14.3. The summed E-state index contributed by atoms with van der Waals surface area (Å²) in [6.45, 7) is 3.37. The van der Waals surface area contributed by atoms with Crippen LogP contribution in [0, 0.1) is 12.3 Å². The van der Waals surface area contributed by atoms with E-state index in [4.69, 9.17) is 20.6 Å². The highest BCUT2D eigenvalue weighted by Crippen LogP contribution is 2.17. The van der Waals surface area contributed by atoms with Crippen LogP contribution in [0.15, 0.2) is 24.3 Å². The molecule has 5 nitrogen and oxygen atoms in total. The van der Waals surface area contributed by atoms with E-state index in [1.54, 1.807) is 7.11 Å². The monoisotopic (exact) mass is 333 g/mol. The first-order chi connectivity index (χ1) is 11.7. The second kappa shape index (κ2) is 10.3. The molecule has 2 rings (SSSR count). The number of aliphatic hydroxyl groups is 1. The van der Waals surface area contributed by atoms with Crippen molar-refractivity contribution in [3.05, 3.63) is 29.8 Å². The Hall–Kier alpha value is -1.58. The largest absolute Gasteiger partial charge is 0.497 e. The first kappa shape index (κ1) is 18.8. The fraction of sp³-hybridized carbons (Fsp3) is 0.579. The van der Waals surface area contributed by atoms with Gasteiger partial charge in [-0.3, -0.25) is 4.90 Å². The van der Waals surface area contributed by atoms with Crippen LogP contribution in [0.3, 0.4) is 0 Å². The molecule has 0 aromatic heterocycles.